The van der Waals surface area contributed by atoms with E-state index in [-0.39, 0.29) is 34.0 Å². The normalized spacial score (nSPS) is 11.8. The molecule has 0 bridgehead atoms. The van der Waals surface area contributed by atoms with Gasteiger partial charge in [0.2, 0.25) is 0 Å². The average molecular weight is 399 g/mol. The SMILES string of the molecule is C#CCOc1c(Cl)cc(/C=C(/C#N)C(=O)N[C@H](C)c2ccccc2)cc1Cl. The first-order valence-corrected chi connectivity index (χ1v) is 8.74. The third-order valence-corrected chi connectivity index (χ3v) is 4.21. The molecule has 0 aromatic heterocycles. The van der Waals surface area contributed by atoms with Crippen molar-refractivity contribution in [2.75, 3.05) is 6.61 Å². The van der Waals surface area contributed by atoms with Crippen LogP contribution >= 0.6 is 23.2 Å². The molecule has 0 fully saturated rings. The Morgan fingerprint density at radius 2 is 1.93 bits per heavy atom. The van der Waals surface area contributed by atoms with Gasteiger partial charge in [0, 0.05) is 0 Å². The van der Waals surface area contributed by atoms with Gasteiger partial charge in [0.15, 0.2) is 5.75 Å². The second-order valence-electron chi connectivity index (χ2n) is 5.58. The number of carbonyl (C=O) groups excluding carboxylic acids is 1. The van der Waals surface area contributed by atoms with E-state index in [2.05, 4.69) is 11.2 Å². The highest BCUT2D eigenvalue weighted by Crippen LogP contribution is 2.34. The van der Waals surface area contributed by atoms with Crippen LogP contribution in [0.1, 0.15) is 24.1 Å². The number of hydrogen-bond donors (Lipinski definition) is 1. The summed E-state index contributed by atoms with van der Waals surface area (Å²) in [6.07, 6.45) is 6.57. The van der Waals surface area contributed by atoms with Crippen LogP contribution in [0.2, 0.25) is 10.0 Å². The van der Waals surface area contributed by atoms with E-state index in [1.165, 1.54) is 6.08 Å². The van der Waals surface area contributed by atoms with E-state index in [0.717, 1.165) is 5.56 Å². The minimum absolute atomic E-state index is 0.0256. The van der Waals surface area contributed by atoms with Crippen molar-refractivity contribution in [2.45, 2.75) is 13.0 Å². The van der Waals surface area contributed by atoms with E-state index in [0.29, 0.717) is 5.56 Å². The van der Waals surface area contributed by atoms with E-state index >= 15 is 0 Å². The number of hydrogen-bond acceptors (Lipinski definition) is 3. The predicted molar refractivity (Wildman–Crippen MR) is 107 cm³/mol. The summed E-state index contributed by atoms with van der Waals surface area (Å²) in [6.45, 7) is 1.87. The molecule has 27 heavy (non-hydrogen) atoms. The zero-order valence-electron chi connectivity index (χ0n) is 14.5. The molecule has 0 aliphatic heterocycles. The quantitative estimate of drug-likeness (QED) is 0.432. The van der Waals surface area contributed by atoms with Crippen LogP contribution in [0.25, 0.3) is 6.08 Å². The van der Waals surface area contributed by atoms with Crippen molar-refractivity contribution < 1.29 is 9.53 Å². The Balaban J connectivity index is 2.21. The summed E-state index contributed by atoms with van der Waals surface area (Å²) in [5.74, 6) is 2.09. The van der Waals surface area contributed by atoms with Crippen molar-refractivity contribution in [2.24, 2.45) is 0 Å². The van der Waals surface area contributed by atoms with Crippen LogP contribution in [0.5, 0.6) is 5.75 Å². The Morgan fingerprint density at radius 3 is 2.48 bits per heavy atom. The molecule has 136 valence electrons. The molecule has 2 rings (SSSR count). The number of nitrogens with zero attached hydrogens (tertiary/aromatic N) is 1. The fourth-order valence-corrected chi connectivity index (χ4v) is 2.94. The predicted octanol–water partition coefficient (Wildman–Crippen LogP) is 4.79. The van der Waals surface area contributed by atoms with Crippen molar-refractivity contribution in [3.05, 3.63) is 69.2 Å². The van der Waals surface area contributed by atoms with E-state index in [4.69, 9.17) is 34.4 Å². The first-order chi connectivity index (χ1) is 13.0. The highest BCUT2D eigenvalue weighted by Gasteiger charge is 2.15. The molecule has 0 unspecified atom stereocenters. The molecule has 4 nitrogen and oxygen atoms in total. The summed E-state index contributed by atoms with van der Waals surface area (Å²) >= 11 is 12.3. The van der Waals surface area contributed by atoms with Gasteiger partial charge in [-0.25, -0.2) is 0 Å². The number of rotatable bonds is 6. The molecular weight excluding hydrogens is 383 g/mol. The van der Waals surface area contributed by atoms with Crippen LogP contribution < -0.4 is 10.1 Å². The Hall–Kier alpha value is -2.92. The fraction of sp³-hybridized carbons (Fsp3) is 0.143. The van der Waals surface area contributed by atoms with Gasteiger partial charge in [-0.3, -0.25) is 4.79 Å². The number of halogens is 2. The number of nitriles is 1. The third-order valence-electron chi connectivity index (χ3n) is 3.64. The molecule has 0 aliphatic rings. The Kier molecular flexibility index (Phi) is 7.32. The topological polar surface area (TPSA) is 62.1 Å². The van der Waals surface area contributed by atoms with Crippen molar-refractivity contribution in [3.63, 3.8) is 0 Å². The summed E-state index contributed by atoms with van der Waals surface area (Å²) in [6, 6.07) is 14.2. The number of nitrogens with one attached hydrogen (secondary N) is 1. The molecule has 2 aromatic rings. The Labute approximate surface area is 168 Å². The molecule has 0 spiro atoms. The van der Waals surface area contributed by atoms with Crippen molar-refractivity contribution >= 4 is 35.2 Å². The minimum atomic E-state index is -0.492. The Bertz CT molecular complexity index is 918. The summed E-state index contributed by atoms with van der Waals surface area (Å²) in [5.41, 5.74) is 1.36. The largest absolute Gasteiger partial charge is 0.478 e. The van der Waals surface area contributed by atoms with Gasteiger partial charge < -0.3 is 10.1 Å². The average Bonchev–Trinajstić information content (AvgIpc) is 2.66. The van der Waals surface area contributed by atoms with Gasteiger partial charge in [-0.15, -0.1) is 6.42 Å². The van der Waals surface area contributed by atoms with Gasteiger partial charge in [0.05, 0.1) is 16.1 Å². The van der Waals surface area contributed by atoms with Crippen LogP contribution in [0.15, 0.2) is 48.0 Å². The maximum Gasteiger partial charge on any atom is 0.262 e. The molecule has 0 heterocycles. The van der Waals surface area contributed by atoms with Crippen LogP contribution in [0, 0.1) is 23.7 Å². The second kappa shape index (κ2) is 9.69. The van der Waals surface area contributed by atoms with Gasteiger partial charge in [-0.1, -0.05) is 59.5 Å². The Morgan fingerprint density at radius 1 is 1.30 bits per heavy atom. The van der Waals surface area contributed by atoms with Gasteiger partial charge in [-0.2, -0.15) is 5.26 Å². The number of carbonyl (C=O) groups is 1. The molecular formula is C21H16Cl2N2O2. The zero-order chi connectivity index (χ0) is 19.8. The van der Waals surface area contributed by atoms with Crippen molar-refractivity contribution in [1.29, 1.82) is 5.26 Å². The zero-order valence-corrected chi connectivity index (χ0v) is 16.0. The van der Waals surface area contributed by atoms with Crippen LogP contribution in [-0.4, -0.2) is 12.5 Å². The van der Waals surface area contributed by atoms with Crippen LogP contribution in [-0.2, 0) is 4.79 Å². The molecule has 2 aromatic carbocycles. The lowest BCUT2D eigenvalue weighted by Crippen LogP contribution is -2.27. The second-order valence-corrected chi connectivity index (χ2v) is 6.40. The number of ether oxygens (including phenoxy) is 1. The van der Waals surface area contributed by atoms with Crippen LogP contribution in [0.4, 0.5) is 0 Å². The molecule has 0 saturated carbocycles. The van der Waals surface area contributed by atoms with Gasteiger partial charge in [0.25, 0.3) is 5.91 Å². The monoisotopic (exact) mass is 398 g/mol. The van der Waals surface area contributed by atoms with E-state index in [1.807, 2.05) is 43.3 Å². The van der Waals surface area contributed by atoms with E-state index in [1.54, 1.807) is 12.1 Å². The summed E-state index contributed by atoms with van der Waals surface area (Å²) in [5, 5.41) is 12.6. The summed E-state index contributed by atoms with van der Waals surface area (Å²) in [7, 11) is 0. The first kappa shape index (κ1) is 20.4. The van der Waals surface area contributed by atoms with E-state index < -0.39 is 5.91 Å². The highest BCUT2D eigenvalue weighted by atomic mass is 35.5. The standard InChI is InChI=1S/C21H16Cl2N2O2/c1-3-9-27-20-18(22)11-15(12-19(20)23)10-17(13-24)21(26)25-14(2)16-7-5-4-6-8-16/h1,4-8,10-12,14H,9H2,2H3,(H,25,26)/b17-10-/t14-/m1/s1. The lowest BCUT2D eigenvalue weighted by atomic mass is 10.1. The first-order valence-electron chi connectivity index (χ1n) is 7.99. The smallest absolute Gasteiger partial charge is 0.262 e. The maximum atomic E-state index is 12.4. The van der Waals surface area contributed by atoms with Gasteiger partial charge >= 0.3 is 0 Å². The molecule has 0 radical (unpaired) electrons. The molecule has 1 N–H and O–H groups in total. The molecule has 0 saturated heterocycles. The maximum absolute atomic E-state index is 12.4. The molecule has 1 atom stereocenters. The minimum Gasteiger partial charge on any atom is -0.478 e. The van der Waals surface area contributed by atoms with Crippen molar-refractivity contribution in [1.82, 2.24) is 5.32 Å². The summed E-state index contributed by atoms with van der Waals surface area (Å²) in [4.78, 5) is 12.4. The lowest BCUT2D eigenvalue weighted by molar-refractivity contribution is -0.117. The number of terminal acetylenes is 1. The third kappa shape index (κ3) is 5.53. The molecule has 6 heteroatoms. The molecule has 1 amide bonds. The summed E-state index contributed by atoms with van der Waals surface area (Å²) < 4.78 is 5.29. The molecule has 0 aliphatic carbocycles. The van der Waals surface area contributed by atoms with Crippen molar-refractivity contribution in [3.8, 4) is 24.2 Å². The fourth-order valence-electron chi connectivity index (χ4n) is 2.33. The highest BCUT2D eigenvalue weighted by molar-refractivity contribution is 6.37. The number of benzene rings is 2. The van der Waals surface area contributed by atoms with E-state index in [9.17, 15) is 10.1 Å². The van der Waals surface area contributed by atoms with Gasteiger partial charge in [-0.05, 0) is 36.3 Å². The van der Waals surface area contributed by atoms with Crippen LogP contribution in [0.3, 0.4) is 0 Å². The lowest BCUT2D eigenvalue weighted by Gasteiger charge is -2.14. The van der Waals surface area contributed by atoms with Gasteiger partial charge in [0.1, 0.15) is 18.2 Å². The number of amides is 1.